The Hall–Kier alpha value is -2.11. The second-order valence-corrected chi connectivity index (χ2v) is 4.13. The van der Waals surface area contributed by atoms with Crippen LogP contribution in [0.25, 0.3) is 0 Å². The fourth-order valence-electron chi connectivity index (χ4n) is 1.77. The topological polar surface area (TPSA) is 82.8 Å². The monoisotopic (exact) mass is 282 g/mol. The maximum Gasteiger partial charge on any atom is 0.341 e. The van der Waals surface area contributed by atoms with Gasteiger partial charge in [-0.05, 0) is 33.8 Å². The molecule has 1 rings (SSSR count). The first-order valence-corrected chi connectivity index (χ1v) is 6.36. The number of rotatable bonds is 6. The molecule has 1 heterocycles. The highest BCUT2D eigenvalue weighted by Crippen LogP contribution is 2.25. The summed E-state index contributed by atoms with van der Waals surface area (Å²) in [7, 11) is 0. The summed E-state index contributed by atoms with van der Waals surface area (Å²) in [5.41, 5.74) is 0.206. The summed E-state index contributed by atoms with van der Waals surface area (Å²) in [6.45, 7) is 6.55. The Morgan fingerprint density at radius 3 is 2.30 bits per heavy atom. The zero-order chi connectivity index (χ0) is 15.3. The van der Waals surface area contributed by atoms with Gasteiger partial charge >= 0.3 is 11.9 Å². The highest BCUT2D eigenvalue weighted by molar-refractivity contribution is 6.03. The molecule has 0 aliphatic rings. The van der Waals surface area contributed by atoms with E-state index in [9.17, 15) is 14.4 Å². The van der Waals surface area contributed by atoms with Crippen molar-refractivity contribution in [3.63, 3.8) is 0 Å². The van der Waals surface area contributed by atoms with E-state index in [0.717, 1.165) is 0 Å². The molecular formula is C14H18O6. The molecule has 0 saturated carbocycles. The van der Waals surface area contributed by atoms with E-state index >= 15 is 0 Å². The smallest absolute Gasteiger partial charge is 0.341 e. The number of aryl methyl sites for hydroxylation is 1. The minimum atomic E-state index is -1.16. The summed E-state index contributed by atoms with van der Waals surface area (Å²) in [5, 5.41) is 0. The lowest BCUT2D eigenvalue weighted by Crippen LogP contribution is -2.21. The average Bonchev–Trinajstić information content (AvgIpc) is 2.71. The first kappa shape index (κ1) is 15.9. The summed E-state index contributed by atoms with van der Waals surface area (Å²) < 4.78 is 15.1. The zero-order valence-corrected chi connectivity index (χ0v) is 12.0. The maximum atomic E-state index is 11.8. The summed E-state index contributed by atoms with van der Waals surface area (Å²) in [4.78, 5) is 35.1. The second-order valence-electron chi connectivity index (χ2n) is 4.13. The average molecular weight is 282 g/mol. The number of esters is 2. The maximum absolute atomic E-state index is 11.8. The zero-order valence-electron chi connectivity index (χ0n) is 12.0. The lowest BCUT2D eigenvalue weighted by atomic mass is 10.0. The lowest BCUT2D eigenvalue weighted by molar-refractivity contribution is -0.148. The molecule has 1 unspecified atom stereocenters. The largest absolute Gasteiger partial charge is 0.465 e. The third-order valence-corrected chi connectivity index (χ3v) is 2.65. The van der Waals surface area contributed by atoms with Gasteiger partial charge in [-0.15, -0.1) is 0 Å². The van der Waals surface area contributed by atoms with E-state index in [4.69, 9.17) is 13.9 Å². The Bertz CT molecular complexity index is 514. The van der Waals surface area contributed by atoms with E-state index in [0.29, 0.717) is 5.76 Å². The van der Waals surface area contributed by atoms with Gasteiger partial charge in [0.25, 0.3) is 0 Å². The normalized spacial score (nSPS) is 11.8. The van der Waals surface area contributed by atoms with Crippen molar-refractivity contribution in [2.45, 2.75) is 33.6 Å². The van der Waals surface area contributed by atoms with Gasteiger partial charge in [-0.1, -0.05) is 0 Å². The van der Waals surface area contributed by atoms with Crippen LogP contribution in [0, 0.1) is 6.92 Å². The van der Waals surface area contributed by atoms with Crippen molar-refractivity contribution in [2.24, 2.45) is 0 Å². The molecule has 0 fully saturated rings. The van der Waals surface area contributed by atoms with Crippen molar-refractivity contribution in [3.05, 3.63) is 23.2 Å². The first-order chi connectivity index (χ1) is 9.42. The van der Waals surface area contributed by atoms with Gasteiger partial charge < -0.3 is 13.9 Å². The van der Waals surface area contributed by atoms with E-state index in [-0.39, 0.29) is 24.5 Å². The van der Waals surface area contributed by atoms with E-state index in [2.05, 4.69) is 0 Å². The van der Waals surface area contributed by atoms with E-state index in [1.807, 2.05) is 0 Å². The van der Waals surface area contributed by atoms with Crippen LogP contribution in [0.15, 0.2) is 10.5 Å². The quantitative estimate of drug-likeness (QED) is 0.586. The van der Waals surface area contributed by atoms with Crippen LogP contribution in [-0.2, 0) is 19.1 Å². The van der Waals surface area contributed by atoms with Gasteiger partial charge in [-0.25, -0.2) is 4.79 Å². The Labute approximate surface area is 117 Å². The van der Waals surface area contributed by atoms with E-state index < -0.39 is 23.6 Å². The highest BCUT2D eigenvalue weighted by Gasteiger charge is 2.32. The molecule has 0 spiro atoms. The number of carbonyl (C=O) groups excluding carboxylic acids is 3. The van der Waals surface area contributed by atoms with Gasteiger partial charge in [-0.3, -0.25) is 9.59 Å². The van der Waals surface area contributed by atoms with Crippen LogP contribution in [0.2, 0.25) is 0 Å². The molecule has 0 N–H and O–H groups in total. The molecule has 0 bridgehead atoms. The third-order valence-electron chi connectivity index (χ3n) is 2.65. The third kappa shape index (κ3) is 3.46. The number of furan rings is 1. The first-order valence-electron chi connectivity index (χ1n) is 6.36. The number of Topliss-reactive ketones (excluding diaryl/α,β-unsaturated/α-hetero) is 1. The van der Waals surface area contributed by atoms with Crippen LogP contribution in [0.1, 0.15) is 48.6 Å². The molecule has 20 heavy (non-hydrogen) atoms. The van der Waals surface area contributed by atoms with Crippen LogP contribution >= 0.6 is 0 Å². The van der Waals surface area contributed by atoms with Gasteiger partial charge in [-0.2, -0.15) is 0 Å². The van der Waals surface area contributed by atoms with Crippen LogP contribution in [0.5, 0.6) is 0 Å². The van der Waals surface area contributed by atoms with Crippen molar-refractivity contribution in [1.82, 2.24) is 0 Å². The van der Waals surface area contributed by atoms with Gasteiger partial charge in [0.05, 0.1) is 13.2 Å². The molecule has 1 aromatic heterocycles. The van der Waals surface area contributed by atoms with Crippen LogP contribution in [-0.4, -0.2) is 30.9 Å². The number of ether oxygens (including phenoxy) is 2. The molecule has 6 heteroatoms. The molecule has 0 radical (unpaired) electrons. The molecule has 0 saturated heterocycles. The summed E-state index contributed by atoms with van der Waals surface area (Å²) in [6.07, 6.45) is 0. The molecule has 1 aromatic rings. The number of hydrogen-bond donors (Lipinski definition) is 0. The Kier molecular flexibility index (Phi) is 5.49. The summed E-state index contributed by atoms with van der Waals surface area (Å²) in [5.74, 6) is -2.41. The molecular weight excluding hydrogens is 264 g/mol. The van der Waals surface area contributed by atoms with Crippen molar-refractivity contribution in [1.29, 1.82) is 0 Å². The standard InChI is InChI=1S/C14H18O6/c1-5-18-13(16)10-7-11(20-9(10)4)12(8(3)15)14(17)19-6-2/h7,12H,5-6H2,1-4H3. The minimum Gasteiger partial charge on any atom is -0.465 e. The lowest BCUT2D eigenvalue weighted by Gasteiger charge is -2.09. The Morgan fingerprint density at radius 1 is 1.20 bits per heavy atom. The number of ketones is 1. The molecule has 0 aliphatic carbocycles. The van der Waals surface area contributed by atoms with Crippen molar-refractivity contribution in [3.8, 4) is 0 Å². The van der Waals surface area contributed by atoms with Crippen LogP contribution in [0.4, 0.5) is 0 Å². The Morgan fingerprint density at radius 2 is 1.80 bits per heavy atom. The SMILES string of the molecule is CCOC(=O)c1cc(C(C(C)=O)C(=O)OCC)oc1C. The second kappa shape index (κ2) is 6.88. The predicted molar refractivity (Wildman–Crippen MR) is 69.5 cm³/mol. The Balaban J connectivity index is 3.11. The van der Waals surface area contributed by atoms with E-state index in [1.165, 1.54) is 13.0 Å². The fraction of sp³-hybridized carbons (Fsp3) is 0.500. The number of carbonyl (C=O) groups is 3. The molecule has 1 atom stereocenters. The summed E-state index contributed by atoms with van der Waals surface area (Å²) in [6, 6.07) is 1.36. The van der Waals surface area contributed by atoms with Gasteiger partial charge in [0.15, 0.2) is 11.7 Å². The molecule has 0 aromatic carbocycles. The van der Waals surface area contributed by atoms with Crippen LogP contribution in [0.3, 0.4) is 0 Å². The summed E-state index contributed by atoms with van der Waals surface area (Å²) >= 11 is 0. The highest BCUT2D eigenvalue weighted by atomic mass is 16.5. The molecule has 0 amide bonds. The predicted octanol–water partition coefficient (Wildman–Crippen LogP) is 2.00. The molecule has 6 nitrogen and oxygen atoms in total. The number of hydrogen-bond acceptors (Lipinski definition) is 6. The minimum absolute atomic E-state index is 0.0940. The molecule has 110 valence electrons. The molecule has 0 aliphatic heterocycles. The van der Waals surface area contributed by atoms with Crippen molar-refractivity contribution < 1.29 is 28.3 Å². The van der Waals surface area contributed by atoms with Crippen molar-refractivity contribution in [2.75, 3.05) is 13.2 Å². The van der Waals surface area contributed by atoms with Gasteiger partial charge in [0.2, 0.25) is 0 Å². The van der Waals surface area contributed by atoms with Crippen molar-refractivity contribution >= 4 is 17.7 Å². The van der Waals surface area contributed by atoms with E-state index in [1.54, 1.807) is 20.8 Å². The van der Waals surface area contributed by atoms with Crippen LogP contribution < -0.4 is 0 Å². The van der Waals surface area contributed by atoms with Gasteiger partial charge in [0, 0.05) is 0 Å². The van der Waals surface area contributed by atoms with Gasteiger partial charge in [0.1, 0.15) is 17.1 Å². The fourth-order valence-corrected chi connectivity index (χ4v) is 1.77.